The highest BCUT2D eigenvalue weighted by atomic mass is 14.9. The summed E-state index contributed by atoms with van der Waals surface area (Å²) in [5.41, 5.74) is 2.07. The zero-order chi connectivity index (χ0) is 11.7. The first kappa shape index (κ1) is 14.0. The molecule has 0 heterocycles. The standard InChI is InChI=1S/C14H25N/c1-6-12(4)11-13(5)15-10-9-14(7-2)8-3/h6,14-15H,1,4-5,7-11H2,2-3H3. The summed E-state index contributed by atoms with van der Waals surface area (Å²) in [6.45, 7) is 17.0. The summed E-state index contributed by atoms with van der Waals surface area (Å²) in [7, 11) is 0. The summed E-state index contributed by atoms with van der Waals surface area (Å²) in [4.78, 5) is 0. The van der Waals surface area contributed by atoms with Crippen LogP contribution in [-0.2, 0) is 0 Å². The number of hydrogen-bond acceptors (Lipinski definition) is 1. The molecule has 0 aromatic rings. The molecule has 15 heavy (non-hydrogen) atoms. The first-order chi connectivity index (χ1) is 7.13. The van der Waals surface area contributed by atoms with E-state index in [-0.39, 0.29) is 0 Å². The predicted octanol–water partition coefficient (Wildman–Crippen LogP) is 4.05. The number of rotatable bonds is 9. The van der Waals surface area contributed by atoms with E-state index >= 15 is 0 Å². The van der Waals surface area contributed by atoms with Gasteiger partial charge in [0.05, 0.1) is 0 Å². The van der Waals surface area contributed by atoms with Crippen molar-refractivity contribution in [2.75, 3.05) is 6.54 Å². The monoisotopic (exact) mass is 207 g/mol. The second kappa shape index (κ2) is 8.34. The van der Waals surface area contributed by atoms with Gasteiger partial charge in [-0.3, -0.25) is 0 Å². The van der Waals surface area contributed by atoms with Crippen LogP contribution >= 0.6 is 0 Å². The molecule has 0 aliphatic heterocycles. The molecule has 0 fully saturated rings. The van der Waals surface area contributed by atoms with Crippen LogP contribution in [0.2, 0.25) is 0 Å². The Morgan fingerprint density at radius 3 is 2.33 bits per heavy atom. The predicted molar refractivity (Wildman–Crippen MR) is 69.8 cm³/mol. The number of nitrogens with one attached hydrogen (secondary N) is 1. The smallest absolute Gasteiger partial charge is 0.0146 e. The fourth-order valence-corrected chi connectivity index (χ4v) is 1.56. The van der Waals surface area contributed by atoms with Gasteiger partial charge in [-0.2, -0.15) is 0 Å². The van der Waals surface area contributed by atoms with Crippen molar-refractivity contribution in [2.45, 2.75) is 39.5 Å². The SMILES string of the molecule is C=CC(=C)CC(=C)NCCC(CC)CC. The Kier molecular flexibility index (Phi) is 7.79. The van der Waals surface area contributed by atoms with Crippen molar-refractivity contribution in [3.05, 3.63) is 37.1 Å². The van der Waals surface area contributed by atoms with Crippen LogP contribution in [-0.4, -0.2) is 6.54 Å². The largest absolute Gasteiger partial charge is 0.389 e. The molecule has 0 spiro atoms. The quantitative estimate of drug-likeness (QED) is 0.562. The van der Waals surface area contributed by atoms with Crippen molar-refractivity contribution in [2.24, 2.45) is 5.92 Å². The van der Waals surface area contributed by atoms with Gasteiger partial charge in [0, 0.05) is 18.7 Å². The highest BCUT2D eigenvalue weighted by Gasteiger charge is 2.02. The van der Waals surface area contributed by atoms with E-state index in [4.69, 9.17) is 0 Å². The van der Waals surface area contributed by atoms with Crippen LogP contribution in [0.4, 0.5) is 0 Å². The molecule has 0 amide bonds. The minimum Gasteiger partial charge on any atom is -0.389 e. The van der Waals surface area contributed by atoms with Crippen LogP contribution < -0.4 is 5.32 Å². The van der Waals surface area contributed by atoms with Gasteiger partial charge in [0.15, 0.2) is 0 Å². The first-order valence-electron chi connectivity index (χ1n) is 5.85. The van der Waals surface area contributed by atoms with Crippen LogP contribution in [0, 0.1) is 5.92 Å². The summed E-state index contributed by atoms with van der Waals surface area (Å²) >= 11 is 0. The van der Waals surface area contributed by atoms with Gasteiger partial charge in [-0.25, -0.2) is 0 Å². The average Bonchev–Trinajstić information content (AvgIpc) is 2.24. The molecule has 1 heteroatoms. The molecule has 0 aromatic heterocycles. The van der Waals surface area contributed by atoms with Crippen molar-refractivity contribution in [1.29, 1.82) is 0 Å². The molecule has 0 rings (SSSR count). The number of hydrogen-bond donors (Lipinski definition) is 1. The molecule has 1 N–H and O–H groups in total. The maximum atomic E-state index is 3.97. The third-order valence-electron chi connectivity index (χ3n) is 2.81. The Balaban J connectivity index is 3.62. The summed E-state index contributed by atoms with van der Waals surface area (Å²) in [6, 6.07) is 0. The van der Waals surface area contributed by atoms with Crippen LogP contribution in [0.15, 0.2) is 37.1 Å². The van der Waals surface area contributed by atoms with E-state index in [1.54, 1.807) is 6.08 Å². The van der Waals surface area contributed by atoms with E-state index in [9.17, 15) is 0 Å². The molecular weight excluding hydrogens is 182 g/mol. The lowest BCUT2D eigenvalue weighted by molar-refractivity contribution is 0.448. The summed E-state index contributed by atoms with van der Waals surface area (Å²) in [5.74, 6) is 0.841. The fraction of sp³-hybridized carbons (Fsp3) is 0.571. The van der Waals surface area contributed by atoms with Crippen LogP contribution in [0.25, 0.3) is 0 Å². The van der Waals surface area contributed by atoms with Crippen molar-refractivity contribution in [3.8, 4) is 0 Å². The van der Waals surface area contributed by atoms with Gasteiger partial charge >= 0.3 is 0 Å². The lowest BCUT2D eigenvalue weighted by Crippen LogP contribution is -2.17. The molecule has 0 aromatic carbocycles. The molecule has 0 bridgehead atoms. The first-order valence-corrected chi connectivity index (χ1v) is 5.85. The summed E-state index contributed by atoms with van der Waals surface area (Å²) < 4.78 is 0. The molecule has 0 saturated carbocycles. The van der Waals surface area contributed by atoms with Gasteiger partial charge in [-0.1, -0.05) is 52.5 Å². The van der Waals surface area contributed by atoms with Crippen LogP contribution in [0.3, 0.4) is 0 Å². The molecule has 86 valence electrons. The van der Waals surface area contributed by atoms with E-state index in [0.717, 1.165) is 30.2 Å². The molecule has 0 aliphatic rings. The fourth-order valence-electron chi connectivity index (χ4n) is 1.56. The number of allylic oxidation sites excluding steroid dienone is 2. The Morgan fingerprint density at radius 2 is 1.87 bits per heavy atom. The molecule has 0 unspecified atom stereocenters. The molecule has 0 radical (unpaired) electrons. The zero-order valence-corrected chi connectivity index (χ0v) is 10.3. The van der Waals surface area contributed by atoms with Gasteiger partial charge in [-0.05, 0) is 17.9 Å². The minimum atomic E-state index is 0.812. The van der Waals surface area contributed by atoms with Gasteiger partial charge in [0.1, 0.15) is 0 Å². The maximum absolute atomic E-state index is 3.97. The van der Waals surface area contributed by atoms with Crippen LogP contribution in [0.1, 0.15) is 39.5 Å². The van der Waals surface area contributed by atoms with Gasteiger partial charge < -0.3 is 5.32 Å². The second-order valence-electron chi connectivity index (χ2n) is 4.04. The Bertz CT molecular complexity index is 211. The second-order valence-corrected chi connectivity index (χ2v) is 4.04. The lowest BCUT2D eigenvalue weighted by Gasteiger charge is -2.14. The molecule has 1 nitrogen and oxygen atoms in total. The Hall–Kier alpha value is -0.980. The third kappa shape index (κ3) is 7.01. The average molecular weight is 207 g/mol. The van der Waals surface area contributed by atoms with Crippen LogP contribution in [0.5, 0.6) is 0 Å². The molecule has 0 saturated heterocycles. The highest BCUT2D eigenvalue weighted by Crippen LogP contribution is 2.12. The van der Waals surface area contributed by atoms with Gasteiger partial charge in [0.2, 0.25) is 0 Å². The zero-order valence-electron chi connectivity index (χ0n) is 10.3. The minimum absolute atomic E-state index is 0.812. The van der Waals surface area contributed by atoms with Gasteiger partial charge in [0.25, 0.3) is 0 Å². The normalized spacial score (nSPS) is 10.1. The van der Waals surface area contributed by atoms with E-state index < -0.39 is 0 Å². The van der Waals surface area contributed by atoms with E-state index in [0.29, 0.717) is 0 Å². The van der Waals surface area contributed by atoms with Crippen molar-refractivity contribution < 1.29 is 0 Å². The summed E-state index contributed by atoms with van der Waals surface area (Å²) in [6.07, 6.45) is 6.36. The van der Waals surface area contributed by atoms with Crippen molar-refractivity contribution >= 4 is 0 Å². The van der Waals surface area contributed by atoms with E-state index in [2.05, 4.69) is 38.9 Å². The van der Waals surface area contributed by atoms with Crippen molar-refractivity contribution in [3.63, 3.8) is 0 Å². The van der Waals surface area contributed by atoms with E-state index in [1.165, 1.54) is 19.3 Å². The topological polar surface area (TPSA) is 12.0 Å². The summed E-state index contributed by atoms with van der Waals surface area (Å²) in [5, 5.41) is 3.34. The van der Waals surface area contributed by atoms with E-state index in [1.807, 2.05) is 0 Å². The highest BCUT2D eigenvalue weighted by molar-refractivity contribution is 5.17. The third-order valence-corrected chi connectivity index (χ3v) is 2.81. The molecule has 0 atom stereocenters. The Labute approximate surface area is 95.0 Å². The molecular formula is C14H25N. The maximum Gasteiger partial charge on any atom is 0.0146 e. The lowest BCUT2D eigenvalue weighted by atomic mass is 9.99. The van der Waals surface area contributed by atoms with Crippen molar-refractivity contribution in [1.82, 2.24) is 5.32 Å². The molecule has 0 aliphatic carbocycles. The van der Waals surface area contributed by atoms with Gasteiger partial charge in [-0.15, -0.1) is 0 Å². The Morgan fingerprint density at radius 1 is 1.27 bits per heavy atom.